The van der Waals surface area contributed by atoms with Crippen LogP contribution in [0.5, 0.6) is 0 Å². The van der Waals surface area contributed by atoms with Crippen LogP contribution in [0.1, 0.15) is 12.5 Å². The molecule has 0 spiro atoms. The minimum atomic E-state index is -0.459. The molecular weight excluding hydrogens is 254 g/mol. The maximum atomic E-state index is 11.4. The molecular formula is C12H14ClN3O2. The molecule has 0 bridgehead atoms. The van der Waals surface area contributed by atoms with Crippen molar-refractivity contribution in [2.75, 3.05) is 12.0 Å². The number of anilines is 1. The molecule has 5 nitrogen and oxygen atoms in total. The van der Waals surface area contributed by atoms with Gasteiger partial charge in [0, 0.05) is 5.02 Å². The second-order valence-electron chi connectivity index (χ2n) is 4.14. The minimum Gasteiger partial charge on any atom is -0.458 e. The van der Waals surface area contributed by atoms with E-state index in [9.17, 15) is 4.79 Å². The first-order valence-electron chi connectivity index (χ1n) is 5.59. The molecule has 6 heteroatoms. The molecule has 0 radical (unpaired) electrons. The van der Waals surface area contributed by atoms with Gasteiger partial charge >= 0.3 is 5.97 Å². The Bertz CT molecular complexity index is 502. The van der Waals surface area contributed by atoms with Crippen molar-refractivity contribution < 1.29 is 9.53 Å². The summed E-state index contributed by atoms with van der Waals surface area (Å²) < 4.78 is 4.94. The fourth-order valence-corrected chi connectivity index (χ4v) is 1.64. The number of hydrogen-bond donors (Lipinski definition) is 2. The van der Waals surface area contributed by atoms with Crippen molar-refractivity contribution >= 4 is 29.1 Å². The number of esters is 1. The number of carbonyl (C=O) groups excluding carboxylic acids is 1. The van der Waals surface area contributed by atoms with Crippen molar-refractivity contribution in [2.24, 2.45) is 4.99 Å². The van der Waals surface area contributed by atoms with Gasteiger partial charge in [-0.25, -0.2) is 4.79 Å². The average Bonchev–Trinajstić information content (AvgIpc) is 2.34. The van der Waals surface area contributed by atoms with E-state index >= 15 is 0 Å². The van der Waals surface area contributed by atoms with Crippen LogP contribution in [0, 0.1) is 6.92 Å². The predicted molar refractivity (Wildman–Crippen MR) is 70.8 cm³/mol. The smallest absolute Gasteiger partial charge is 0.375 e. The molecule has 1 aromatic rings. The standard InChI is InChI=1S/C12H14ClN3O2/c1-7-3-4-9(5-10(7)13)15-16-11-12(17)18-6-8(2)14-11/h3-5,8,15H,6H2,1-2H3,(H,14,16). The van der Waals surface area contributed by atoms with E-state index in [1.54, 1.807) is 6.07 Å². The molecule has 2 rings (SSSR count). The largest absolute Gasteiger partial charge is 0.458 e. The number of aliphatic imine (C=N–C) groups is 1. The molecule has 2 N–H and O–H groups in total. The summed E-state index contributed by atoms with van der Waals surface area (Å²) in [6.07, 6.45) is 0. The Hall–Kier alpha value is -1.75. The number of nitrogens with zero attached hydrogens (tertiary/aromatic N) is 1. The topological polar surface area (TPSA) is 62.7 Å². The molecule has 0 aromatic heterocycles. The normalized spacial score (nSPS) is 18.9. The summed E-state index contributed by atoms with van der Waals surface area (Å²) >= 11 is 6.00. The van der Waals surface area contributed by atoms with Crippen molar-refractivity contribution in [3.8, 4) is 0 Å². The van der Waals surface area contributed by atoms with Gasteiger partial charge in [-0.1, -0.05) is 17.7 Å². The van der Waals surface area contributed by atoms with Crippen molar-refractivity contribution in [2.45, 2.75) is 19.9 Å². The van der Waals surface area contributed by atoms with Crippen molar-refractivity contribution in [1.29, 1.82) is 0 Å². The third-order valence-corrected chi connectivity index (χ3v) is 2.90. The summed E-state index contributed by atoms with van der Waals surface area (Å²) in [5.74, 6) is -0.288. The van der Waals surface area contributed by atoms with Gasteiger partial charge in [0.25, 0.3) is 0 Å². The summed E-state index contributed by atoms with van der Waals surface area (Å²) in [6, 6.07) is 5.47. The van der Waals surface area contributed by atoms with Gasteiger partial charge in [-0.15, -0.1) is 0 Å². The molecule has 96 valence electrons. The second-order valence-corrected chi connectivity index (χ2v) is 4.55. The molecule has 0 saturated heterocycles. The Kier molecular flexibility index (Phi) is 3.72. The zero-order valence-corrected chi connectivity index (χ0v) is 10.9. The first-order valence-corrected chi connectivity index (χ1v) is 5.97. The summed E-state index contributed by atoms with van der Waals surface area (Å²) in [5.41, 5.74) is 7.34. The van der Waals surface area contributed by atoms with Crippen molar-refractivity contribution in [3.05, 3.63) is 28.8 Å². The highest BCUT2D eigenvalue weighted by molar-refractivity contribution is 6.36. The van der Waals surface area contributed by atoms with Crippen LogP contribution in [-0.2, 0) is 9.53 Å². The van der Waals surface area contributed by atoms with Gasteiger partial charge in [-0.2, -0.15) is 0 Å². The highest BCUT2D eigenvalue weighted by Crippen LogP contribution is 2.19. The lowest BCUT2D eigenvalue weighted by Crippen LogP contribution is -2.41. The van der Waals surface area contributed by atoms with Gasteiger partial charge < -0.3 is 4.74 Å². The Labute approximate surface area is 110 Å². The van der Waals surface area contributed by atoms with Gasteiger partial charge in [0.15, 0.2) is 0 Å². The van der Waals surface area contributed by atoms with E-state index in [1.165, 1.54) is 0 Å². The summed E-state index contributed by atoms with van der Waals surface area (Å²) in [4.78, 5) is 15.6. The van der Waals surface area contributed by atoms with E-state index in [2.05, 4.69) is 15.8 Å². The maximum absolute atomic E-state index is 11.4. The van der Waals surface area contributed by atoms with Gasteiger partial charge in [0.1, 0.15) is 6.61 Å². The van der Waals surface area contributed by atoms with Gasteiger partial charge in [-0.05, 0) is 31.5 Å². The number of rotatable bonds is 2. The Morgan fingerprint density at radius 1 is 1.44 bits per heavy atom. The Morgan fingerprint density at radius 2 is 2.22 bits per heavy atom. The molecule has 1 heterocycles. The summed E-state index contributed by atoms with van der Waals surface area (Å²) in [5, 5.41) is 0.656. The number of carbonyl (C=O) groups is 1. The molecule has 0 amide bonds. The van der Waals surface area contributed by atoms with Crippen LogP contribution in [0.25, 0.3) is 0 Å². The lowest BCUT2D eigenvalue weighted by atomic mass is 10.2. The van der Waals surface area contributed by atoms with Crippen LogP contribution in [0.4, 0.5) is 5.69 Å². The lowest BCUT2D eigenvalue weighted by Gasteiger charge is -2.18. The van der Waals surface area contributed by atoms with Crippen molar-refractivity contribution in [1.82, 2.24) is 5.43 Å². The molecule has 1 unspecified atom stereocenters. The average molecular weight is 268 g/mol. The zero-order valence-electron chi connectivity index (χ0n) is 10.2. The first-order chi connectivity index (χ1) is 8.56. The highest BCUT2D eigenvalue weighted by atomic mass is 35.5. The lowest BCUT2D eigenvalue weighted by molar-refractivity contribution is -0.137. The maximum Gasteiger partial charge on any atom is 0.375 e. The van der Waals surface area contributed by atoms with Crippen LogP contribution in [-0.4, -0.2) is 24.5 Å². The van der Waals surface area contributed by atoms with E-state index in [0.29, 0.717) is 11.6 Å². The van der Waals surface area contributed by atoms with Crippen LogP contribution < -0.4 is 10.9 Å². The molecule has 0 aliphatic carbocycles. The third-order valence-electron chi connectivity index (χ3n) is 2.50. The highest BCUT2D eigenvalue weighted by Gasteiger charge is 2.20. The fourth-order valence-electron chi connectivity index (χ4n) is 1.46. The molecule has 1 aliphatic heterocycles. The number of nitrogens with one attached hydrogen (secondary N) is 2. The minimum absolute atomic E-state index is 0.0337. The number of benzene rings is 1. The van der Waals surface area contributed by atoms with Crippen LogP contribution in [0.3, 0.4) is 0 Å². The monoisotopic (exact) mass is 267 g/mol. The van der Waals surface area contributed by atoms with Gasteiger partial charge in [-0.3, -0.25) is 15.8 Å². The first kappa shape index (κ1) is 12.7. The predicted octanol–water partition coefficient (Wildman–Crippen LogP) is 1.91. The van der Waals surface area contributed by atoms with E-state index in [-0.39, 0.29) is 11.9 Å². The Balaban J connectivity index is 2.02. The molecule has 0 saturated carbocycles. The van der Waals surface area contributed by atoms with Gasteiger partial charge in [0.2, 0.25) is 5.84 Å². The number of cyclic esters (lactones) is 1. The van der Waals surface area contributed by atoms with E-state index in [1.807, 2.05) is 26.0 Å². The van der Waals surface area contributed by atoms with Crippen LogP contribution in [0.15, 0.2) is 23.2 Å². The number of ether oxygens (including phenoxy) is 1. The number of hydrogen-bond acceptors (Lipinski definition) is 5. The van der Waals surface area contributed by atoms with Crippen molar-refractivity contribution in [3.63, 3.8) is 0 Å². The number of halogens is 1. The number of hydrazine groups is 1. The molecule has 1 aliphatic rings. The Morgan fingerprint density at radius 3 is 2.94 bits per heavy atom. The van der Waals surface area contributed by atoms with E-state index < -0.39 is 5.97 Å². The van der Waals surface area contributed by atoms with Crippen LogP contribution >= 0.6 is 11.6 Å². The summed E-state index contributed by atoms with van der Waals surface area (Å²) in [6.45, 7) is 4.11. The molecule has 1 atom stereocenters. The molecule has 0 fully saturated rings. The molecule has 1 aromatic carbocycles. The quantitative estimate of drug-likeness (QED) is 0.635. The fraction of sp³-hybridized carbons (Fsp3) is 0.333. The number of amidine groups is 1. The summed E-state index contributed by atoms with van der Waals surface area (Å²) in [7, 11) is 0. The second kappa shape index (κ2) is 5.27. The van der Waals surface area contributed by atoms with E-state index in [0.717, 1.165) is 11.3 Å². The van der Waals surface area contributed by atoms with Gasteiger partial charge in [0.05, 0.1) is 11.7 Å². The van der Waals surface area contributed by atoms with Crippen LogP contribution in [0.2, 0.25) is 5.02 Å². The zero-order chi connectivity index (χ0) is 13.1. The molecule has 18 heavy (non-hydrogen) atoms. The van der Waals surface area contributed by atoms with E-state index in [4.69, 9.17) is 16.3 Å². The number of aryl methyl sites for hydroxylation is 1. The SMILES string of the molecule is Cc1ccc(NNC2=NC(C)COC2=O)cc1Cl. The third kappa shape index (κ3) is 2.92.